The molecule has 6 heteroatoms. The van der Waals surface area contributed by atoms with E-state index in [2.05, 4.69) is 20.6 Å². The summed E-state index contributed by atoms with van der Waals surface area (Å²) >= 11 is 0. The molecule has 0 saturated heterocycles. The third kappa shape index (κ3) is 2.01. The lowest BCUT2D eigenvalue weighted by Crippen LogP contribution is -2.03. The summed E-state index contributed by atoms with van der Waals surface area (Å²) in [6.45, 7) is 0. The smallest absolute Gasteiger partial charge is 0.231 e. The minimum absolute atomic E-state index is 0.150. The Morgan fingerprint density at radius 2 is 2.00 bits per heavy atom. The van der Waals surface area contributed by atoms with Crippen molar-refractivity contribution in [2.24, 2.45) is 0 Å². The molecule has 0 saturated carbocycles. The lowest BCUT2D eigenvalue weighted by molar-refractivity contribution is -0.106. The van der Waals surface area contributed by atoms with E-state index in [1.807, 2.05) is 0 Å². The molecule has 0 radical (unpaired) electrons. The van der Waals surface area contributed by atoms with E-state index in [4.69, 9.17) is 0 Å². The first-order valence-electron chi connectivity index (χ1n) is 3.10. The Bertz CT molecular complexity index is 263. The highest BCUT2D eigenvalue weighted by Gasteiger charge is 1.95. The Morgan fingerprint density at radius 3 is 2.67 bits per heavy atom. The molecule has 1 heterocycles. The number of hydrogen-bond donors (Lipinski definition) is 2. The van der Waals surface area contributed by atoms with Crippen molar-refractivity contribution in [1.29, 1.82) is 0 Å². The van der Waals surface area contributed by atoms with Gasteiger partial charge >= 0.3 is 0 Å². The van der Waals surface area contributed by atoms with Crippen LogP contribution in [0.3, 0.4) is 0 Å². The topological polar surface area (TPSA) is 84.0 Å². The molecule has 1 rings (SSSR count). The summed E-state index contributed by atoms with van der Waals surface area (Å²) in [4.78, 5) is 27.4. The molecular weight excluding hydrogens is 160 g/mol. The normalized spacial score (nSPS) is 8.67. The molecule has 2 N–H and O–H groups in total. The molecular formula is C6H6N4O2. The second-order valence-corrected chi connectivity index (χ2v) is 1.79. The molecule has 0 bridgehead atoms. The number of nitrogens with zero attached hydrogens (tertiary/aromatic N) is 2. The zero-order valence-corrected chi connectivity index (χ0v) is 6.02. The minimum atomic E-state index is 0.150. The van der Waals surface area contributed by atoms with Gasteiger partial charge in [-0.1, -0.05) is 0 Å². The molecule has 0 aliphatic carbocycles. The van der Waals surface area contributed by atoms with Crippen LogP contribution in [-0.4, -0.2) is 22.8 Å². The van der Waals surface area contributed by atoms with Gasteiger partial charge in [0.1, 0.15) is 5.82 Å². The van der Waals surface area contributed by atoms with Gasteiger partial charge in [0.05, 0.1) is 0 Å². The third-order valence-corrected chi connectivity index (χ3v) is 1.05. The fourth-order valence-corrected chi connectivity index (χ4v) is 0.622. The van der Waals surface area contributed by atoms with Crippen LogP contribution in [0.15, 0.2) is 12.3 Å². The first-order chi connectivity index (χ1) is 5.86. The quantitative estimate of drug-likeness (QED) is 0.597. The van der Waals surface area contributed by atoms with Crippen molar-refractivity contribution in [3.8, 4) is 0 Å². The highest BCUT2D eigenvalue weighted by Crippen LogP contribution is 2.02. The number of hydrogen-bond acceptors (Lipinski definition) is 4. The van der Waals surface area contributed by atoms with E-state index in [0.29, 0.717) is 18.6 Å². The molecule has 1 aromatic heterocycles. The first-order valence-corrected chi connectivity index (χ1v) is 3.10. The van der Waals surface area contributed by atoms with Crippen LogP contribution in [-0.2, 0) is 9.59 Å². The molecule has 0 atom stereocenters. The number of nitrogens with one attached hydrogen (secondary N) is 2. The lowest BCUT2D eigenvalue weighted by atomic mass is 10.6. The Balaban J connectivity index is 2.79. The summed E-state index contributed by atoms with van der Waals surface area (Å²) in [6.07, 6.45) is 2.37. The van der Waals surface area contributed by atoms with Gasteiger partial charge in [0.25, 0.3) is 0 Å². The summed E-state index contributed by atoms with van der Waals surface area (Å²) in [5.74, 6) is 0.487. The molecule has 12 heavy (non-hydrogen) atoms. The highest BCUT2D eigenvalue weighted by atomic mass is 16.1. The van der Waals surface area contributed by atoms with Crippen molar-refractivity contribution in [3.05, 3.63) is 12.3 Å². The van der Waals surface area contributed by atoms with Crippen molar-refractivity contribution in [1.82, 2.24) is 9.97 Å². The number of anilines is 2. The number of rotatable bonds is 4. The molecule has 0 spiro atoms. The van der Waals surface area contributed by atoms with Crippen molar-refractivity contribution >= 4 is 24.6 Å². The van der Waals surface area contributed by atoms with E-state index in [-0.39, 0.29) is 5.95 Å². The number of carbonyl (C=O) groups is 2. The predicted octanol–water partition coefficient (Wildman–Crippen LogP) is -0.387. The zero-order chi connectivity index (χ0) is 8.81. The van der Waals surface area contributed by atoms with Crippen LogP contribution in [0.25, 0.3) is 0 Å². The largest absolute Gasteiger partial charge is 0.313 e. The van der Waals surface area contributed by atoms with Crippen LogP contribution < -0.4 is 10.6 Å². The standard InChI is InChI=1S/C6H6N4O2/c11-3-8-5-1-2-7-6(10-5)9-4-12/h1-4H,(H2,7,8,9,10,11,12). The molecule has 62 valence electrons. The lowest BCUT2D eigenvalue weighted by Gasteiger charge is -1.98. The maximum atomic E-state index is 9.98. The van der Waals surface area contributed by atoms with Gasteiger partial charge in [0.2, 0.25) is 18.8 Å². The number of aromatic nitrogens is 2. The number of carbonyl (C=O) groups excluding carboxylic acids is 2. The summed E-state index contributed by atoms with van der Waals surface area (Å²) in [7, 11) is 0. The monoisotopic (exact) mass is 166 g/mol. The van der Waals surface area contributed by atoms with Crippen molar-refractivity contribution in [3.63, 3.8) is 0 Å². The Morgan fingerprint density at radius 1 is 1.25 bits per heavy atom. The van der Waals surface area contributed by atoms with E-state index in [9.17, 15) is 9.59 Å². The van der Waals surface area contributed by atoms with Crippen molar-refractivity contribution < 1.29 is 9.59 Å². The van der Waals surface area contributed by atoms with Gasteiger partial charge in [0, 0.05) is 6.20 Å². The van der Waals surface area contributed by atoms with Gasteiger partial charge < -0.3 is 5.32 Å². The summed E-state index contributed by atoms with van der Waals surface area (Å²) < 4.78 is 0. The average Bonchev–Trinajstić information content (AvgIpc) is 2.06. The SMILES string of the molecule is O=CNc1ccnc(NC=O)n1. The molecule has 0 fully saturated rings. The van der Waals surface area contributed by atoms with Crippen LogP contribution in [0, 0.1) is 0 Å². The summed E-state index contributed by atoms with van der Waals surface area (Å²) in [5.41, 5.74) is 0. The van der Waals surface area contributed by atoms with Crippen molar-refractivity contribution in [2.45, 2.75) is 0 Å². The van der Waals surface area contributed by atoms with Gasteiger partial charge in [0.15, 0.2) is 0 Å². The molecule has 2 amide bonds. The summed E-state index contributed by atoms with van der Waals surface area (Å²) in [5, 5.41) is 4.57. The second kappa shape index (κ2) is 4.02. The van der Waals surface area contributed by atoms with Crippen LogP contribution in [0.5, 0.6) is 0 Å². The number of amides is 2. The molecule has 0 unspecified atom stereocenters. The van der Waals surface area contributed by atoms with E-state index >= 15 is 0 Å². The maximum Gasteiger partial charge on any atom is 0.231 e. The van der Waals surface area contributed by atoms with E-state index in [0.717, 1.165) is 0 Å². The molecule has 6 nitrogen and oxygen atoms in total. The fourth-order valence-electron chi connectivity index (χ4n) is 0.622. The average molecular weight is 166 g/mol. The molecule has 0 aromatic carbocycles. The third-order valence-electron chi connectivity index (χ3n) is 1.05. The highest BCUT2D eigenvalue weighted by molar-refractivity contribution is 5.71. The van der Waals surface area contributed by atoms with E-state index in [1.54, 1.807) is 0 Å². The van der Waals surface area contributed by atoms with Gasteiger partial charge in [-0.3, -0.25) is 14.9 Å². The fraction of sp³-hybridized carbons (Fsp3) is 0. The van der Waals surface area contributed by atoms with Gasteiger partial charge in [-0.25, -0.2) is 4.98 Å². The van der Waals surface area contributed by atoms with Crippen LogP contribution >= 0.6 is 0 Å². The second-order valence-electron chi connectivity index (χ2n) is 1.79. The molecule has 0 aliphatic heterocycles. The molecule has 1 aromatic rings. The van der Waals surface area contributed by atoms with Crippen LogP contribution in [0.1, 0.15) is 0 Å². The predicted molar refractivity (Wildman–Crippen MR) is 41.4 cm³/mol. The zero-order valence-electron chi connectivity index (χ0n) is 6.02. The van der Waals surface area contributed by atoms with E-state index in [1.165, 1.54) is 12.3 Å². The Labute approximate surface area is 68.0 Å². The van der Waals surface area contributed by atoms with Gasteiger partial charge in [-0.05, 0) is 6.07 Å². The van der Waals surface area contributed by atoms with Gasteiger partial charge in [-0.15, -0.1) is 0 Å². The first kappa shape index (κ1) is 8.12. The van der Waals surface area contributed by atoms with E-state index < -0.39 is 0 Å². The maximum absolute atomic E-state index is 9.98. The van der Waals surface area contributed by atoms with Crippen molar-refractivity contribution in [2.75, 3.05) is 10.6 Å². The van der Waals surface area contributed by atoms with Gasteiger partial charge in [-0.2, -0.15) is 4.98 Å². The van der Waals surface area contributed by atoms with Crippen LogP contribution in [0.2, 0.25) is 0 Å². The van der Waals surface area contributed by atoms with Crippen LogP contribution in [0.4, 0.5) is 11.8 Å². The Kier molecular flexibility index (Phi) is 2.72. The molecule has 0 aliphatic rings. The minimum Gasteiger partial charge on any atom is -0.313 e. The Hall–Kier alpha value is -1.98. The summed E-state index contributed by atoms with van der Waals surface area (Å²) in [6, 6.07) is 1.50.